The quantitative estimate of drug-likeness (QED) is 0.193. The van der Waals surface area contributed by atoms with Gasteiger partial charge in [-0.05, 0) is 42.1 Å². The molecule has 1 aromatic carbocycles. The van der Waals surface area contributed by atoms with Gasteiger partial charge < -0.3 is 25.1 Å². The Hall–Kier alpha value is -4.49. The highest BCUT2D eigenvalue weighted by Gasteiger charge is 2.23. The molecule has 0 aliphatic rings. The first kappa shape index (κ1) is 26.1. The van der Waals surface area contributed by atoms with Crippen LogP contribution in [0, 0.1) is 22.7 Å². The van der Waals surface area contributed by atoms with Crippen molar-refractivity contribution in [3.8, 4) is 40.5 Å². The third-order valence-corrected chi connectivity index (χ3v) is 5.90. The van der Waals surface area contributed by atoms with Gasteiger partial charge in [0.15, 0.2) is 17.5 Å². The number of nitrogens with zero attached hydrogens (tertiary/aromatic N) is 6. The van der Waals surface area contributed by atoms with E-state index in [0.29, 0.717) is 22.8 Å². The molecule has 0 radical (unpaired) electrons. The van der Waals surface area contributed by atoms with Gasteiger partial charge in [-0.25, -0.2) is 9.98 Å². The molecular formula is C23H23N7O5S. The number of methoxy groups -OCH3 is 3. The number of anilines is 1. The van der Waals surface area contributed by atoms with Crippen LogP contribution in [0.25, 0.3) is 11.1 Å². The fraction of sp³-hybridized carbons (Fsp3) is 0.304. The van der Waals surface area contributed by atoms with Crippen LogP contribution < -0.4 is 29.7 Å². The van der Waals surface area contributed by atoms with Crippen molar-refractivity contribution >= 4 is 29.4 Å². The summed E-state index contributed by atoms with van der Waals surface area (Å²) in [6, 6.07) is 7.33. The average molecular weight is 510 g/mol. The molecule has 0 atom stereocenters. The van der Waals surface area contributed by atoms with Gasteiger partial charge in [0.2, 0.25) is 11.0 Å². The normalized spacial score (nSPS) is 11.2. The smallest absolute Gasteiger partial charge is 0.320 e. The van der Waals surface area contributed by atoms with Crippen LogP contribution in [0.5, 0.6) is 17.2 Å². The van der Waals surface area contributed by atoms with E-state index in [2.05, 4.69) is 21.3 Å². The van der Waals surface area contributed by atoms with Crippen molar-refractivity contribution in [1.82, 2.24) is 10.3 Å². The minimum Gasteiger partial charge on any atom is -0.861 e. The Labute approximate surface area is 211 Å². The van der Waals surface area contributed by atoms with Gasteiger partial charge in [-0.1, -0.05) is 11.8 Å². The number of nitrogens with two attached hydrogens (primary N) is 1. The van der Waals surface area contributed by atoms with Crippen LogP contribution in [0.3, 0.4) is 0 Å². The van der Waals surface area contributed by atoms with Crippen LogP contribution in [-0.2, 0) is 0 Å². The van der Waals surface area contributed by atoms with Crippen LogP contribution in [0.2, 0.25) is 0 Å². The van der Waals surface area contributed by atoms with Gasteiger partial charge in [0.1, 0.15) is 28.5 Å². The van der Waals surface area contributed by atoms with E-state index >= 15 is 0 Å². The monoisotopic (exact) mass is 509 g/mol. The van der Waals surface area contributed by atoms with Gasteiger partial charge in [-0.15, -0.1) is 0 Å². The largest absolute Gasteiger partial charge is 0.861 e. The molecule has 0 aliphatic heterocycles. The van der Waals surface area contributed by atoms with Crippen molar-refractivity contribution in [2.24, 2.45) is 4.99 Å². The number of nitriles is 2. The number of aliphatic imine (C=N–C) groups is 1. The number of thioether (sulfide) groups is 1. The molecule has 0 unspecified atom stereocenters. The molecule has 3 rings (SSSR count). The van der Waals surface area contributed by atoms with Crippen LogP contribution in [-0.4, -0.2) is 43.2 Å². The molecule has 2 aromatic heterocycles. The van der Waals surface area contributed by atoms with Gasteiger partial charge >= 0.3 is 5.88 Å². The first-order chi connectivity index (χ1) is 17.3. The predicted octanol–water partition coefficient (Wildman–Crippen LogP) is 2.14. The molecule has 12 nitrogen and oxygen atoms in total. The molecule has 0 fully saturated rings. The van der Waals surface area contributed by atoms with Crippen molar-refractivity contribution in [3.63, 3.8) is 0 Å². The zero-order valence-corrected chi connectivity index (χ0v) is 21.0. The molecule has 3 aromatic rings. The zero-order valence-electron chi connectivity index (χ0n) is 20.2. The number of pyridine rings is 1. The lowest BCUT2D eigenvalue weighted by Crippen LogP contribution is -2.36. The minimum atomic E-state index is -0.532. The summed E-state index contributed by atoms with van der Waals surface area (Å²) < 4.78 is 22.7. The van der Waals surface area contributed by atoms with Crippen LogP contribution >= 0.6 is 11.8 Å². The van der Waals surface area contributed by atoms with E-state index < -0.39 is 5.90 Å². The molecule has 0 bridgehead atoms. The van der Waals surface area contributed by atoms with E-state index in [-0.39, 0.29) is 45.2 Å². The van der Waals surface area contributed by atoms with Gasteiger partial charge in [-0.2, -0.15) is 10.5 Å². The molecule has 0 spiro atoms. The summed E-state index contributed by atoms with van der Waals surface area (Å²) in [5, 5.41) is 36.2. The maximum Gasteiger partial charge on any atom is 0.320 e. The highest BCUT2D eigenvalue weighted by atomic mass is 32.2. The van der Waals surface area contributed by atoms with Crippen LogP contribution in [0.1, 0.15) is 31.0 Å². The maximum absolute atomic E-state index is 12.4. The molecule has 0 aliphatic carbocycles. The number of ether oxygens (including phenoxy) is 3. The van der Waals surface area contributed by atoms with E-state index in [9.17, 15) is 15.6 Å². The molecule has 36 heavy (non-hydrogen) atoms. The standard InChI is InChI=1S/C23H23N7O5S/c1-12(2)30-10-19(35-29-30)27-18(31)11-36-23-15(9-25)20(14(8-24)22(26)28-23)13-6-16(32-3)21(34-5)17(7-13)33-4/h6-7,10,12H,11H2,1-5H3,(H2-,26,27,28,29,31). The van der Waals surface area contributed by atoms with Gasteiger partial charge in [0.05, 0.1) is 26.9 Å². The molecule has 0 amide bonds. The van der Waals surface area contributed by atoms with Crippen molar-refractivity contribution in [2.45, 2.75) is 24.9 Å². The molecule has 2 heterocycles. The van der Waals surface area contributed by atoms with Crippen molar-refractivity contribution < 1.29 is 28.5 Å². The van der Waals surface area contributed by atoms with Crippen LogP contribution in [0.15, 0.2) is 32.9 Å². The third kappa shape index (κ3) is 5.26. The second-order valence-electron chi connectivity index (χ2n) is 7.47. The van der Waals surface area contributed by atoms with E-state index in [1.165, 1.54) is 32.2 Å². The van der Waals surface area contributed by atoms with E-state index in [0.717, 1.165) is 11.8 Å². The summed E-state index contributed by atoms with van der Waals surface area (Å²) in [4.78, 5) is 8.08. The second-order valence-corrected chi connectivity index (χ2v) is 8.44. The molecule has 0 saturated heterocycles. The van der Waals surface area contributed by atoms with Gasteiger partial charge in [-0.3, -0.25) is 4.52 Å². The van der Waals surface area contributed by atoms with E-state index in [1.54, 1.807) is 12.1 Å². The summed E-state index contributed by atoms with van der Waals surface area (Å²) in [5.74, 6) is 0.253. The topological polar surface area (TPSA) is 180 Å². The molecular weight excluding hydrogens is 486 g/mol. The molecule has 13 heteroatoms. The highest BCUT2D eigenvalue weighted by Crippen LogP contribution is 2.44. The van der Waals surface area contributed by atoms with Crippen molar-refractivity contribution in [3.05, 3.63) is 29.5 Å². The third-order valence-electron chi connectivity index (χ3n) is 4.94. The minimum absolute atomic E-state index is 0.00101. The van der Waals surface area contributed by atoms with E-state index in [4.69, 9.17) is 24.5 Å². The lowest BCUT2D eigenvalue weighted by atomic mass is 9.96. The maximum atomic E-state index is 12.4. The highest BCUT2D eigenvalue weighted by molar-refractivity contribution is 8.00. The summed E-state index contributed by atoms with van der Waals surface area (Å²) in [6.45, 7) is 3.81. The first-order valence-electron chi connectivity index (χ1n) is 10.5. The second kappa shape index (κ2) is 11.3. The Bertz CT molecular complexity index is 1360. The lowest BCUT2D eigenvalue weighted by molar-refractivity contribution is -0.779. The summed E-state index contributed by atoms with van der Waals surface area (Å²) in [7, 11) is 4.36. The first-order valence-corrected chi connectivity index (χ1v) is 11.5. The van der Waals surface area contributed by atoms with Gasteiger partial charge in [0, 0.05) is 11.3 Å². The fourth-order valence-corrected chi connectivity index (χ4v) is 4.02. The van der Waals surface area contributed by atoms with E-state index in [1.807, 2.05) is 19.9 Å². The summed E-state index contributed by atoms with van der Waals surface area (Å²) in [5.41, 5.74) is 6.78. The Morgan fingerprint density at radius 1 is 1.17 bits per heavy atom. The zero-order chi connectivity index (χ0) is 26.4. The Balaban J connectivity index is 2.06. The lowest BCUT2D eigenvalue weighted by Gasteiger charge is -2.17. The van der Waals surface area contributed by atoms with Crippen LogP contribution in [0.4, 0.5) is 11.7 Å². The Morgan fingerprint density at radius 2 is 1.81 bits per heavy atom. The number of rotatable bonds is 9. The molecule has 0 saturated carbocycles. The Morgan fingerprint density at radius 3 is 2.31 bits per heavy atom. The van der Waals surface area contributed by atoms with Gasteiger partial charge in [0.25, 0.3) is 6.20 Å². The molecule has 186 valence electrons. The molecule has 2 N–H and O–H groups in total. The number of hydrogen-bond donors (Lipinski definition) is 1. The average Bonchev–Trinajstić information content (AvgIpc) is 3.34. The number of benzene rings is 1. The SMILES string of the molecule is COc1cc(-c2c(C#N)c(N)nc(SC/C([O-])=N/c3c[n+](C(C)C)no3)c2C#N)cc(OC)c1OC. The Kier molecular flexibility index (Phi) is 8.19. The van der Waals surface area contributed by atoms with Crippen molar-refractivity contribution in [1.29, 1.82) is 10.5 Å². The summed E-state index contributed by atoms with van der Waals surface area (Å²) in [6.07, 6.45) is 1.51. The number of aromatic nitrogens is 3. The fourth-order valence-electron chi connectivity index (χ4n) is 3.24. The number of nitrogen functional groups attached to an aromatic ring is 1. The predicted molar refractivity (Wildman–Crippen MR) is 128 cm³/mol. The van der Waals surface area contributed by atoms with Crippen molar-refractivity contribution in [2.75, 3.05) is 32.8 Å². The number of hydrogen-bond acceptors (Lipinski definition) is 12. The summed E-state index contributed by atoms with van der Waals surface area (Å²) >= 11 is 0.959.